The van der Waals surface area contributed by atoms with Crippen molar-refractivity contribution in [2.24, 2.45) is 0 Å². The van der Waals surface area contributed by atoms with Crippen LogP contribution in [0.3, 0.4) is 0 Å². The van der Waals surface area contributed by atoms with Crippen molar-refractivity contribution in [2.45, 2.75) is 63.2 Å². The summed E-state index contributed by atoms with van der Waals surface area (Å²) in [6.45, 7) is 4.48. The average Bonchev–Trinajstić information content (AvgIpc) is 2.65. The molecule has 0 aliphatic carbocycles. The molecule has 1 fully saturated rings. The zero-order valence-electron chi connectivity index (χ0n) is 17.4. The highest BCUT2D eigenvalue weighted by Gasteiger charge is 2.50. The number of amides is 1. The fraction of sp³-hybridized carbons (Fsp3) is 0.526. The van der Waals surface area contributed by atoms with Gasteiger partial charge in [0.15, 0.2) is 18.5 Å². The minimum Gasteiger partial charge on any atom is -0.456 e. The molecule has 12 heteroatoms. The maximum Gasteiger partial charge on any atom is 0.303 e. The Morgan fingerprint density at radius 2 is 1.58 bits per heavy atom. The summed E-state index contributed by atoms with van der Waals surface area (Å²) in [4.78, 5) is 34.6. The van der Waals surface area contributed by atoms with Crippen molar-refractivity contribution < 1.29 is 46.3 Å². The smallest absolute Gasteiger partial charge is 0.303 e. The Kier molecular flexibility index (Phi) is 8.12. The van der Waals surface area contributed by atoms with Crippen LogP contribution in [0.4, 0.5) is 0 Å². The van der Waals surface area contributed by atoms with Crippen LogP contribution in [0.25, 0.3) is 0 Å². The molecule has 0 bridgehead atoms. The Bertz CT molecular complexity index is 914. The first-order chi connectivity index (χ1) is 14.4. The zero-order valence-corrected chi connectivity index (χ0v) is 18.2. The van der Waals surface area contributed by atoms with E-state index >= 15 is 0 Å². The second kappa shape index (κ2) is 10.2. The minimum absolute atomic E-state index is 0.105. The van der Waals surface area contributed by atoms with Crippen molar-refractivity contribution in [2.75, 3.05) is 6.61 Å². The SMILES string of the molecule is CC(=O)N[C@H]1[C@@H](OC(C)=O)[C@@H](OC(C)=O)[C@H](COS(=O)(=O)c2ccc(C)cc2)O[C@H]1O. The first-order valence-corrected chi connectivity index (χ1v) is 10.7. The van der Waals surface area contributed by atoms with E-state index in [1.807, 2.05) is 0 Å². The van der Waals surface area contributed by atoms with Gasteiger partial charge in [-0.2, -0.15) is 8.42 Å². The Morgan fingerprint density at radius 3 is 2.10 bits per heavy atom. The lowest BCUT2D eigenvalue weighted by Gasteiger charge is -2.43. The van der Waals surface area contributed by atoms with Gasteiger partial charge >= 0.3 is 11.9 Å². The molecule has 1 heterocycles. The summed E-state index contributed by atoms with van der Waals surface area (Å²) in [6.07, 6.45) is -5.75. The van der Waals surface area contributed by atoms with E-state index in [0.717, 1.165) is 19.4 Å². The fourth-order valence-corrected chi connectivity index (χ4v) is 3.96. The minimum atomic E-state index is -4.20. The number of rotatable bonds is 7. The Hall–Kier alpha value is -2.54. The molecule has 0 aromatic heterocycles. The first-order valence-electron chi connectivity index (χ1n) is 9.32. The van der Waals surface area contributed by atoms with E-state index < -0.39 is 65.2 Å². The molecular weight excluding hydrogens is 434 g/mol. The third-order valence-corrected chi connectivity index (χ3v) is 5.63. The van der Waals surface area contributed by atoms with Gasteiger partial charge in [-0.15, -0.1) is 0 Å². The molecule has 0 saturated carbocycles. The maximum atomic E-state index is 12.5. The number of carbonyl (C=O) groups is 3. The molecule has 31 heavy (non-hydrogen) atoms. The van der Waals surface area contributed by atoms with Crippen molar-refractivity contribution in [1.29, 1.82) is 0 Å². The van der Waals surface area contributed by atoms with Gasteiger partial charge in [-0.1, -0.05) is 17.7 Å². The molecule has 1 amide bonds. The van der Waals surface area contributed by atoms with Crippen molar-refractivity contribution in [3.8, 4) is 0 Å². The summed E-state index contributed by atoms with van der Waals surface area (Å²) in [6, 6.07) is 4.63. The third-order valence-electron chi connectivity index (χ3n) is 4.34. The molecule has 0 spiro atoms. The summed E-state index contributed by atoms with van der Waals surface area (Å²) in [7, 11) is -4.20. The highest BCUT2D eigenvalue weighted by atomic mass is 32.2. The van der Waals surface area contributed by atoms with Crippen molar-refractivity contribution >= 4 is 28.0 Å². The lowest BCUT2D eigenvalue weighted by molar-refractivity contribution is -0.261. The topological polar surface area (TPSA) is 155 Å². The van der Waals surface area contributed by atoms with Gasteiger partial charge in [-0.3, -0.25) is 18.6 Å². The summed E-state index contributed by atoms with van der Waals surface area (Å²) >= 11 is 0. The number of esters is 2. The van der Waals surface area contributed by atoms with E-state index in [1.165, 1.54) is 19.1 Å². The lowest BCUT2D eigenvalue weighted by atomic mass is 9.96. The summed E-state index contributed by atoms with van der Waals surface area (Å²) in [5.41, 5.74) is 0.848. The highest BCUT2D eigenvalue weighted by molar-refractivity contribution is 7.86. The van der Waals surface area contributed by atoms with Crippen LogP contribution >= 0.6 is 0 Å². The van der Waals surface area contributed by atoms with E-state index in [-0.39, 0.29) is 4.90 Å². The van der Waals surface area contributed by atoms with E-state index in [0.29, 0.717) is 0 Å². The van der Waals surface area contributed by atoms with Crippen molar-refractivity contribution in [1.82, 2.24) is 5.32 Å². The Balaban J connectivity index is 2.29. The zero-order chi connectivity index (χ0) is 23.3. The van der Waals surface area contributed by atoms with Gasteiger partial charge in [-0.05, 0) is 19.1 Å². The molecule has 5 atom stereocenters. The van der Waals surface area contributed by atoms with E-state index in [4.69, 9.17) is 18.4 Å². The highest BCUT2D eigenvalue weighted by Crippen LogP contribution is 2.27. The first kappa shape index (κ1) is 24.7. The normalized spacial score (nSPS) is 26.0. The van der Waals surface area contributed by atoms with Crippen LogP contribution in [0.5, 0.6) is 0 Å². The van der Waals surface area contributed by atoms with E-state index in [1.54, 1.807) is 19.1 Å². The van der Waals surface area contributed by atoms with Gasteiger partial charge in [0, 0.05) is 20.8 Å². The number of aliphatic hydroxyl groups is 1. The van der Waals surface area contributed by atoms with Crippen molar-refractivity contribution in [3.63, 3.8) is 0 Å². The van der Waals surface area contributed by atoms with Crippen LogP contribution < -0.4 is 5.32 Å². The molecule has 172 valence electrons. The molecule has 0 radical (unpaired) electrons. The molecule has 0 unspecified atom stereocenters. The summed E-state index contributed by atoms with van der Waals surface area (Å²) in [5, 5.41) is 12.7. The fourth-order valence-electron chi connectivity index (χ4n) is 3.04. The average molecular weight is 459 g/mol. The quantitative estimate of drug-likeness (QED) is 0.413. The molecular formula is C19H25NO10S. The predicted octanol–water partition coefficient (Wildman–Crippen LogP) is -0.214. The van der Waals surface area contributed by atoms with Gasteiger partial charge in [0.1, 0.15) is 12.1 Å². The molecule has 1 aromatic carbocycles. The van der Waals surface area contributed by atoms with Crippen LogP contribution in [0.15, 0.2) is 29.2 Å². The summed E-state index contributed by atoms with van der Waals surface area (Å²) < 4.78 is 45.7. The van der Waals surface area contributed by atoms with Crippen molar-refractivity contribution in [3.05, 3.63) is 29.8 Å². The molecule has 1 aliphatic rings. The molecule has 1 aliphatic heterocycles. The van der Waals surface area contributed by atoms with E-state index in [2.05, 4.69) is 5.32 Å². The second-order valence-electron chi connectivity index (χ2n) is 6.99. The van der Waals surface area contributed by atoms with Gasteiger partial charge in [0.25, 0.3) is 10.1 Å². The maximum absolute atomic E-state index is 12.5. The summed E-state index contributed by atoms with van der Waals surface area (Å²) in [5.74, 6) is -2.13. The molecule has 1 aromatic rings. The number of hydrogen-bond donors (Lipinski definition) is 2. The van der Waals surface area contributed by atoms with Gasteiger partial charge in [-0.25, -0.2) is 0 Å². The standard InChI is InChI=1S/C19H25NO10S/c1-10-5-7-14(8-6-10)31(25,26)27-9-15-17(28-12(3)22)18(29-13(4)23)16(19(24)30-15)20-11(2)21/h5-8,15-19,24H,9H2,1-4H3,(H,20,21)/t15-,16-,17-,18+,19+/m0/s1. The van der Waals surface area contributed by atoms with Crippen LogP contribution in [0.2, 0.25) is 0 Å². The van der Waals surface area contributed by atoms with Crippen LogP contribution in [0.1, 0.15) is 26.3 Å². The second-order valence-corrected chi connectivity index (χ2v) is 8.61. The third kappa shape index (κ3) is 6.72. The van der Waals surface area contributed by atoms with Gasteiger partial charge in [0.05, 0.1) is 11.5 Å². The Labute approximate surface area is 179 Å². The van der Waals surface area contributed by atoms with E-state index in [9.17, 15) is 27.9 Å². The molecule has 2 rings (SSSR count). The number of ether oxygens (including phenoxy) is 3. The van der Waals surface area contributed by atoms with Crippen LogP contribution in [-0.4, -0.2) is 68.6 Å². The van der Waals surface area contributed by atoms with Crippen LogP contribution in [0, 0.1) is 6.92 Å². The van der Waals surface area contributed by atoms with Crippen LogP contribution in [-0.2, 0) is 42.9 Å². The number of hydrogen-bond acceptors (Lipinski definition) is 10. The largest absolute Gasteiger partial charge is 0.456 e. The number of aliphatic hydroxyl groups excluding tert-OH is 1. The van der Waals surface area contributed by atoms with Gasteiger partial charge < -0.3 is 24.6 Å². The number of carbonyl (C=O) groups excluding carboxylic acids is 3. The molecule has 2 N–H and O–H groups in total. The Morgan fingerprint density at radius 1 is 1.03 bits per heavy atom. The predicted molar refractivity (Wildman–Crippen MR) is 104 cm³/mol. The number of nitrogens with one attached hydrogen (secondary N) is 1. The molecule has 11 nitrogen and oxygen atoms in total. The lowest BCUT2D eigenvalue weighted by Crippen LogP contribution is -2.66. The molecule has 1 saturated heterocycles. The number of benzene rings is 1. The monoisotopic (exact) mass is 459 g/mol. The number of aryl methyl sites for hydroxylation is 1. The van der Waals surface area contributed by atoms with Gasteiger partial charge in [0.2, 0.25) is 5.91 Å².